The van der Waals surface area contributed by atoms with Gasteiger partial charge >= 0.3 is 0 Å². The van der Waals surface area contributed by atoms with Gasteiger partial charge in [0.15, 0.2) is 17.3 Å². The van der Waals surface area contributed by atoms with Gasteiger partial charge in [-0.2, -0.15) is 0 Å². The maximum atomic E-state index is 13.1. The average Bonchev–Trinajstić information content (AvgIpc) is 3.43. The number of hydrogen-bond acceptors (Lipinski definition) is 7. The molecule has 0 atom stereocenters. The molecule has 2 aromatic carbocycles. The van der Waals surface area contributed by atoms with Crippen LogP contribution in [-0.4, -0.2) is 36.9 Å². The van der Waals surface area contributed by atoms with Crippen LogP contribution in [0.1, 0.15) is 48.8 Å². The van der Waals surface area contributed by atoms with Crippen LogP contribution in [0.2, 0.25) is 0 Å². The SMILES string of the molecule is Cc1cc(C)c2cc(CN(Cc3ccc4c(c3)OCO4)Cc3nnnn3C(C)(C)C)c(=O)[nH]c2c1. The van der Waals surface area contributed by atoms with Crippen LogP contribution >= 0.6 is 0 Å². The Morgan fingerprint density at radius 2 is 1.83 bits per heavy atom. The Morgan fingerprint density at radius 1 is 1.03 bits per heavy atom. The van der Waals surface area contributed by atoms with Crippen molar-refractivity contribution >= 4 is 10.9 Å². The standard InChI is InChI=1S/C26H30N6O3/c1-16-8-17(2)20-11-19(25(33)27-21(20)9-16)13-31(14-24-28-29-30-32(24)26(3,4)5)12-18-6-7-22-23(10-18)35-15-34-22/h6-11H,12-15H2,1-5H3,(H,27,33). The second kappa shape index (κ2) is 8.81. The van der Waals surface area contributed by atoms with Crippen LogP contribution in [0, 0.1) is 13.8 Å². The summed E-state index contributed by atoms with van der Waals surface area (Å²) in [5, 5.41) is 13.5. The van der Waals surface area contributed by atoms with Crippen molar-refractivity contribution in [2.75, 3.05) is 6.79 Å². The van der Waals surface area contributed by atoms with Gasteiger partial charge in [-0.1, -0.05) is 12.1 Å². The first-order chi connectivity index (χ1) is 16.7. The molecule has 0 saturated heterocycles. The first kappa shape index (κ1) is 23.0. The molecule has 1 aliphatic rings. The lowest BCUT2D eigenvalue weighted by atomic mass is 10.0. The minimum Gasteiger partial charge on any atom is -0.454 e. The predicted octanol–water partition coefficient (Wildman–Crippen LogP) is 3.82. The number of hydrogen-bond donors (Lipinski definition) is 1. The molecular weight excluding hydrogens is 444 g/mol. The molecule has 4 aromatic rings. The van der Waals surface area contributed by atoms with Crippen molar-refractivity contribution in [2.45, 2.75) is 59.8 Å². The first-order valence-corrected chi connectivity index (χ1v) is 11.7. The molecule has 1 N–H and O–H groups in total. The van der Waals surface area contributed by atoms with E-state index in [2.05, 4.69) is 59.2 Å². The van der Waals surface area contributed by atoms with E-state index < -0.39 is 0 Å². The van der Waals surface area contributed by atoms with Crippen molar-refractivity contribution in [1.29, 1.82) is 0 Å². The van der Waals surface area contributed by atoms with Gasteiger partial charge in [0.1, 0.15) is 0 Å². The third-order valence-electron chi connectivity index (χ3n) is 6.16. The van der Waals surface area contributed by atoms with Crippen molar-refractivity contribution in [1.82, 2.24) is 30.1 Å². The highest BCUT2D eigenvalue weighted by molar-refractivity contribution is 5.83. The molecule has 0 amide bonds. The highest BCUT2D eigenvalue weighted by Crippen LogP contribution is 2.33. The zero-order valence-electron chi connectivity index (χ0n) is 20.8. The Morgan fingerprint density at radius 3 is 2.63 bits per heavy atom. The zero-order valence-corrected chi connectivity index (χ0v) is 20.8. The van der Waals surface area contributed by atoms with E-state index in [1.54, 1.807) is 0 Å². The van der Waals surface area contributed by atoms with Crippen LogP contribution in [-0.2, 0) is 25.2 Å². The fourth-order valence-corrected chi connectivity index (χ4v) is 4.57. The van der Waals surface area contributed by atoms with Crippen molar-refractivity contribution in [2.24, 2.45) is 0 Å². The van der Waals surface area contributed by atoms with Gasteiger partial charge in [-0.05, 0) is 86.0 Å². The van der Waals surface area contributed by atoms with E-state index in [0.29, 0.717) is 25.2 Å². The van der Waals surface area contributed by atoms with Gasteiger partial charge in [-0.25, -0.2) is 4.68 Å². The summed E-state index contributed by atoms with van der Waals surface area (Å²) in [4.78, 5) is 18.3. The van der Waals surface area contributed by atoms with E-state index in [0.717, 1.165) is 44.9 Å². The summed E-state index contributed by atoms with van der Waals surface area (Å²) in [5.41, 5.74) is 4.50. The molecule has 0 saturated carbocycles. The number of ether oxygens (including phenoxy) is 2. The van der Waals surface area contributed by atoms with Crippen LogP contribution in [0.25, 0.3) is 10.9 Å². The lowest BCUT2D eigenvalue weighted by Gasteiger charge is -2.25. The number of aromatic amines is 1. The molecule has 9 heteroatoms. The Kier molecular flexibility index (Phi) is 5.80. The van der Waals surface area contributed by atoms with Crippen LogP contribution in [0.15, 0.2) is 41.2 Å². The normalized spacial score (nSPS) is 13.2. The van der Waals surface area contributed by atoms with Gasteiger partial charge in [0.25, 0.3) is 5.56 Å². The van der Waals surface area contributed by atoms with Gasteiger partial charge in [0.05, 0.1) is 12.1 Å². The Balaban J connectivity index is 1.50. The fraction of sp³-hybridized carbons (Fsp3) is 0.385. The summed E-state index contributed by atoms with van der Waals surface area (Å²) in [6.45, 7) is 12.0. The fourth-order valence-electron chi connectivity index (χ4n) is 4.57. The number of fused-ring (bicyclic) bond motifs is 2. The van der Waals surface area contributed by atoms with Crippen LogP contribution in [0.5, 0.6) is 11.5 Å². The predicted molar refractivity (Wildman–Crippen MR) is 132 cm³/mol. The molecule has 35 heavy (non-hydrogen) atoms. The van der Waals surface area contributed by atoms with Crippen LogP contribution in [0.3, 0.4) is 0 Å². The highest BCUT2D eigenvalue weighted by Gasteiger charge is 2.23. The molecular formula is C26H30N6O3. The zero-order chi connectivity index (χ0) is 24.7. The molecule has 0 fully saturated rings. The number of pyridine rings is 1. The molecule has 9 nitrogen and oxygen atoms in total. The second-order valence-corrected chi connectivity index (χ2v) is 10.2. The summed E-state index contributed by atoms with van der Waals surface area (Å²) >= 11 is 0. The lowest BCUT2D eigenvalue weighted by Crippen LogP contribution is -2.31. The third-order valence-corrected chi connectivity index (χ3v) is 6.16. The van der Waals surface area contributed by atoms with Crippen LogP contribution < -0.4 is 15.0 Å². The Labute approximate surface area is 203 Å². The molecule has 1 aliphatic heterocycles. The summed E-state index contributed by atoms with van der Waals surface area (Å²) in [6, 6.07) is 12.1. The van der Waals surface area contributed by atoms with Gasteiger partial charge in [-0.15, -0.1) is 5.10 Å². The van der Waals surface area contributed by atoms with Crippen LogP contribution in [0.4, 0.5) is 0 Å². The molecule has 3 heterocycles. The van der Waals surface area contributed by atoms with Gasteiger partial charge < -0.3 is 14.5 Å². The van der Waals surface area contributed by atoms with E-state index in [1.807, 2.05) is 41.9 Å². The molecule has 0 unspecified atom stereocenters. The van der Waals surface area contributed by atoms with Gasteiger partial charge in [0, 0.05) is 29.6 Å². The summed E-state index contributed by atoms with van der Waals surface area (Å²) in [7, 11) is 0. The number of nitrogens with one attached hydrogen (secondary N) is 1. The minimum absolute atomic E-state index is 0.0893. The van der Waals surface area contributed by atoms with E-state index in [-0.39, 0.29) is 17.9 Å². The maximum Gasteiger partial charge on any atom is 0.252 e. The number of aryl methyl sites for hydroxylation is 2. The summed E-state index contributed by atoms with van der Waals surface area (Å²) in [6.07, 6.45) is 0. The van der Waals surface area contributed by atoms with E-state index in [1.165, 1.54) is 0 Å². The number of rotatable bonds is 6. The van der Waals surface area contributed by atoms with Gasteiger partial charge in [0.2, 0.25) is 6.79 Å². The van der Waals surface area contributed by atoms with Crippen molar-refractivity contribution in [3.63, 3.8) is 0 Å². The number of H-pyrrole nitrogens is 1. The minimum atomic E-state index is -0.265. The highest BCUT2D eigenvalue weighted by atomic mass is 16.7. The molecule has 0 bridgehead atoms. The first-order valence-electron chi connectivity index (χ1n) is 11.7. The summed E-state index contributed by atoms with van der Waals surface area (Å²) < 4.78 is 12.9. The molecule has 5 rings (SSSR count). The number of tetrazole rings is 1. The number of benzene rings is 2. The Bertz CT molecular complexity index is 1450. The number of nitrogens with zero attached hydrogens (tertiary/aromatic N) is 5. The van der Waals surface area contributed by atoms with E-state index >= 15 is 0 Å². The van der Waals surface area contributed by atoms with E-state index in [9.17, 15) is 4.79 Å². The molecule has 182 valence electrons. The van der Waals surface area contributed by atoms with Crippen molar-refractivity contribution in [3.05, 3.63) is 74.8 Å². The van der Waals surface area contributed by atoms with Crippen molar-refractivity contribution < 1.29 is 9.47 Å². The lowest BCUT2D eigenvalue weighted by molar-refractivity contribution is 0.174. The average molecular weight is 475 g/mol. The van der Waals surface area contributed by atoms with Crippen molar-refractivity contribution in [3.8, 4) is 11.5 Å². The molecule has 2 aromatic heterocycles. The largest absolute Gasteiger partial charge is 0.454 e. The Hall–Kier alpha value is -3.72. The quantitative estimate of drug-likeness (QED) is 0.454. The van der Waals surface area contributed by atoms with E-state index in [4.69, 9.17) is 9.47 Å². The third kappa shape index (κ3) is 4.77. The van der Waals surface area contributed by atoms with Gasteiger partial charge in [-0.3, -0.25) is 9.69 Å². The number of aromatic nitrogens is 5. The molecule has 0 spiro atoms. The topological polar surface area (TPSA) is 98.2 Å². The molecule has 0 aliphatic carbocycles. The summed E-state index contributed by atoms with van der Waals surface area (Å²) in [5.74, 6) is 2.22. The maximum absolute atomic E-state index is 13.1. The molecule has 0 radical (unpaired) electrons. The monoisotopic (exact) mass is 474 g/mol. The smallest absolute Gasteiger partial charge is 0.252 e. The second-order valence-electron chi connectivity index (χ2n) is 10.2.